The molecule has 2 atom stereocenters. The fourth-order valence-electron chi connectivity index (χ4n) is 5.69. The van der Waals surface area contributed by atoms with Crippen LogP contribution in [0.5, 0.6) is 0 Å². The number of imide groups is 1. The van der Waals surface area contributed by atoms with Gasteiger partial charge in [-0.15, -0.1) is 0 Å². The van der Waals surface area contributed by atoms with Crippen molar-refractivity contribution < 1.29 is 14.4 Å². The largest absolute Gasteiger partial charge is 0.325 e. The summed E-state index contributed by atoms with van der Waals surface area (Å²) in [7, 11) is 0. The molecule has 6 nitrogen and oxygen atoms in total. The van der Waals surface area contributed by atoms with Gasteiger partial charge >= 0.3 is 6.03 Å². The van der Waals surface area contributed by atoms with Crippen molar-refractivity contribution in [2.45, 2.75) is 58.4 Å². The quantitative estimate of drug-likeness (QED) is 0.745. The summed E-state index contributed by atoms with van der Waals surface area (Å²) in [4.78, 5) is 41.8. The highest BCUT2D eigenvalue weighted by Gasteiger charge is 2.56. The number of urea groups is 1. The zero-order valence-electron chi connectivity index (χ0n) is 17.3. The average Bonchev–Trinajstić information content (AvgIpc) is 2.82. The zero-order chi connectivity index (χ0) is 21.0. The third-order valence-corrected chi connectivity index (χ3v) is 6.61. The number of carbonyl (C=O) groups is 3. The van der Waals surface area contributed by atoms with E-state index < -0.39 is 11.6 Å². The number of benzene rings is 1. The molecule has 2 heterocycles. The van der Waals surface area contributed by atoms with Gasteiger partial charge in [-0.1, -0.05) is 32.4 Å². The van der Waals surface area contributed by atoms with Gasteiger partial charge in [0.1, 0.15) is 12.1 Å². The van der Waals surface area contributed by atoms with Crippen LogP contribution in [0.2, 0.25) is 5.02 Å². The number of hydrogen-bond acceptors (Lipinski definition) is 3. The molecule has 1 aliphatic carbocycles. The number of nitrogens with one attached hydrogen (secondary N) is 1. The highest BCUT2D eigenvalue weighted by atomic mass is 35.5. The second-order valence-corrected chi connectivity index (χ2v) is 10.1. The molecule has 1 aromatic carbocycles. The molecule has 29 heavy (non-hydrogen) atoms. The minimum Gasteiger partial charge on any atom is -0.323 e. The molecule has 2 aliphatic heterocycles. The van der Waals surface area contributed by atoms with E-state index in [1.165, 1.54) is 0 Å². The van der Waals surface area contributed by atoms with E-state index in [1.807, 2.05) is 12.1 Å². The lowest BCUT2D eigenvalue weighted by Crippen LogP contribution is -2.54. The average molecular weight is 418 g/mol. The van der Waals surface area contributed by atoms with Crippen LogP contribution in [0.25, 0.3) is 0 Å². The Bertz CT molecular complexity index is 884. The molecule has 156 valence electrons. The predicted molar refractivity (Wildman–Crippen MR) is 112 cm³/mol. The topological polar surface area (TPSA) is 69.7 Å². The zero-order valence-corrected chi connectivity index (χ0v) is 18.0. The summed E-state index contributed by atoms with van der Waals surface area (Å²) in [6, 6.07) is 5.03. The van der Waals surface area contributed by atoms with Gasteiger partial charge < -0.3 is 10.2 Å². The molecule has 1 spiro atoms. The summed E-state index contributed by atoms with van der Waals surface area (Å²) in [5, 5.41) is 3.58. The summed E-state index contributed by atoms with van der Waals surface area (Å²) < 4.78 is 0. The normalized spacial score (nSPS) is 28.5. The van der Waals surface area contributed by atoms with Crippen molar-refractivity contribution in [2.24, 2.45) is 11.3 Å². The highest BCUT2D eigenvalue weighted by molar-refractivity contribution is 6.30. The van der Waals surface area contributed by atoms with Gasteiger partial charge in [-0.25, -0.2) is 4.79 Å². The van der Waals surface area contributed by atoms with Crippen LogP contribution in [0.4, 0.5) is 10.5 Å². The van der Waals surface area contributed by atoms with Crippen LogP contribution in [-0.2, 0) is 16.0 Å². The predicted octanol–water partition coefficient (Wildman–Crippen LogP) is 3.76. The SMILES string of the molecule is CC1CC(C)(C)CC2(C1)NC(=O)N(CC(=O)N1CCCc3cc(Cl)ccc31)C2=O. The Morgan fingerprint density at radius 1 is 1.28 bits per heavy atom. The van der Waals surface area contributed by atoms with Crippen molar-refractivity contribution in [3.8, 4) is 0 Å². The number of halogens is 1. The van der Waals surface area contributed by atoms with E-state index in [-0.39, 0.29) is 23.8 Å². The number of rotatable bonds is 2. The summed E-state index contributed by atoms with van der Waals surface area (Å²) in [5.74, 6) is -0.168. The van der Waals surface area contributed by atoms with Gasteiger partial charge in [0.25, 0.3) is 5.91 Å². The smallest absolute Gasteiger partial charge is 0.323 e. The van der Waals surface area contributed by atoms with Crippen molar-refractivity contribution in [3.05, 3.63) is 28.8 Å². The van der Waals surface area contributed by atoms with Crippen molar-refractivity contribution >= 4 is 35.1 Å². The molecule has 1 N–H and O–H groups in total. The molecular formula is C22H28ClN3O3. The fraction of sp³-hybridized carbons (Fsp3) is 0.591. The lowest BCUT2D eigenvalue weighted by Gasteiger charge is -2.43. The van der Waals surface area contributed by atoms with Gasteiger partial charge in [0, 0.05) is 17.3 Å². The maximum Gasteiger partial charge on any atom is 0.325 e. The van der Waals surface area contributed by atoms with Crippen LogP contribution in [0.15, 0.2) is 18.2 Å². The molecule has 1 aromatic rings. The first-order chi connectivity index (χ1) is 13.6. The van der Waals surface area contributed by atoms with E-state index >= 15 is 0 Å². The molecular weight excluding hydrogens is 390 g/mol. The van der Waals surface area contributed by atoms with Crippen molar-refractivity contribution in [1.29, 1.82) is 0 Å². The Labute approximate surface area is 176 Å². The van der Waals surface area contributed by atoms with Crippen LogP contribution in [-0.4, -0.2) is 41.4 Å². The number of nitrogens with zero attached hydrogens (tertiary/aromatic N) is 2. The number of amides is 4. The highest BCUT2D eigenvalue weighted by Crippen LogP contribution is 2.46. The standard InChI is InChI=1S/C22H28ClN3O3/c1-14-10-21(2,3)13-22(11-14)19(28)26(20(29)24-22)12-18(27)25-8-4-5-15-9-16(23)6-7-17(15)25/h6-7,9,14H,4-5,8,10-13H2,1-3H3,(H,24,29). The van der Waals surface area contributed by atoms with Crippen molar-refractivity contribution in [2.75, 3.05) is 18.0 Å². The van der Waals surface area contributed by atoms with Crippen molar-refractivity contribution in [1.82, 2.24) is 10.2 Å². The third kappa shape index (κ3) is 3.63. The molecule has 3 aliphatic rings. The summed E-state index contributed by atoms with van der Waals surface area (Å²) in [5.41, 5.74) is 0.922. The molecule has 7 heteroatoms. The Hall–Kier alpha value is -2.08. The van der Waals surface area contributed by atoms with Gasteiger partial charge in [0.2, 0.25) is 5.91 Å². The van der Waals surface area contributed by atoms with Crippen molar-refractivity contribution in [3.63, 3.8) is 0 Å². The van der Waals surface area contributed by atoms with Crippen LogP contribution in [0.3, 0.4) is 0 Å². The van der Waals surface area contributed by atoms with Crippen LogP contribution >= 0.6 is 11.6 Å². The Kier molecular flexibility index (Phi) is 4.88. The van der Waals surface area contributed by atoms with Crippen LogP contribution in [0.1, 0.15) is 52.0 Å². The lowest BCUT2D eigenvalue weighted by molar-refractivity contribution is -0.137. The Morgan fingerprint density at radius 2 is 2.03 bits per heavy atom. The van der Waals surface area contributed by atoms with Gasteiger partial charge in [-0.3, -0.25) is 14.5 Å². The second kappa shape index (κ2) is 7.01. The van der Waals surface area contributed by atoms with Gasteiger partial charge in [-0.2, -0.15) is 0 Å². The summed E-state index contributed by atoms with van der Waals surface area (Å²) in [6.07, 6.45) is 3.93. The Balaban J connectivity index is 1.54. The molecule has 1 saturated heterocycles. The summed E-state index contributed by atoms with van der Waals surface area (Å²) in [6.45, 7) is 6.72. The van der Waals surface area contributed by atoms with Gasteiger partial charge in [-0.05, 0) is 67.2 Å². The molecule has 4 rings (SSSR count). The number of carbonyl (C=O) groups excluding carboxylic acids is 3. The molecule has 1 saturated carbocycles. The minimum atomic E-state index is -0.883. The maximum atomic E-state index is 13.3. The first kappa shape index (κ1) is 20.2. The summed E-state index contributed by atoms with van der Waals surface area (Å²) >= 11 is 6.09. The second-order valence-electron chi connectivity index (χ2n) is 9.68. The van der Waals surface area contributed by atoms with E-state index in [1.54, 1.807) is 11.0 Å². The third-order valence-electron chi connectivity index (χ3n) is 6.38. The van der Waals surface area contributed by atoms with E-state index in [9.17, 15) is 14.4 Å². The van der Waals surface area contributed by atoms with Gasteiger partial charge in [0.15, 0.2) is 0 Å². The van der Waals surface area contributed by atoms with Gasteiger partial charge in [0.05, 0.1) is 0 Å². The fourth-order valence-corrected chi connectivity index (χ4v) is 5.89. The number of aryl methyl sites for hydroxylation is 1. The van der Waals surface area contributed by atoms with Crippen LogP contribution in [0, 0.1) is 11.3 Å². The minimum absolute atomic E-state index is 0.0360. The van der Waals surface area contributed by atoms with E-state index in [2.05, 4.69) is 26.1 Å². The number of anilines is 1. The molecule has 0 aromatic heterocycles. The molecule has 2 unspecified atom stereocenters. The molecule has 4 amide bonds. The Morgan fingerprint density at radius 3 is 2.76 bits per heavy atom. The molecule has 2 fully saturated rings. The van der Waals surface area contributed by atoms with Crippen LogP contribution < -0.4 is 10.2 Å². The monoisotopic (exact) mass is 417 g/mol. The first-order valence-electron chi connectivity index (χ1n) is 10.3. The maximum absolute atomic E-state index is 13.3. The number of fused-ring (bicyclic) bond motifs is 1. The lowest BCUT2D eigenvalue weighted by atomic mass is 9.64. The van der Waals surface area contributed by atoms with E-state index in [0.29, 0.717) is 30.3 Å². The number of hydrogen-bond donors (Lipinski definition) is 1. The molecule has 0 radical (unpaired) electrons. The van der Waals surface area contributed by atoms with E-state index in [4.69, 9.17) is 11.6 Å². The first-order valence-corrected chi connectivity index (χ1v) is 10.7. The van der Waals surface area contributed by atoms with E-state index in [0.717, 1.165) is 35.4 Å². The molecule has 0 bridgehead atoms.